The standard InChI is InChI=1S/C25H33N5O2S/c1-29(2)17-18-11-13-19(14-12-18)33(32)26-15-3-4-16-30(25(31)28-33)24-20-7-5-9-22(20)27-23-10-6-8-21(23)24/h5,7,11-14,25,31H,3-4,6,8-10,15-17H2,1-2H3,(H,26,28,32). The summed E-state index contributed by atoms with van der Waals surface area (Å²) in [6.45, 7) is 2.07. The summed E-state index contributed by atoms with van der Waals surface area (Å²) in [7, 11) is 1.07. The molecule has 33 heavy (non-hydrogen) atoms. The zero-order chi connectivity index (χ0) is 23.0. The van der Waals surface area contributed by atoms with E-state index in [1.54, 1.807) is 0 Å². The third-order valence-electron chi connectivity index (χ3n) is 6.58. The van der Waals surface area contributed by atoms with Gasteiger partial charge in [0, 0.05) is 37.3 Å². The van der Waals surface area contributed by atoms with Gasteiger partial charge in [0.25, 0.3) is 0 Å². The molecular formula is C25H33N5O2S. The van der Waals surface area contributed by atoms with Gasteiger partial charge in [0.1, 0.15) is 9.92 Å². The summed E-state index contributed by atoms with van der Waals surface area (Å²) in [5, 5.41) is 11.4. The van der Waals surface area contributed by atoms with Crippen molar-refractivity contribution in [1.82, 2.24) is 14.6 Å². The maximum atomic E-state index is 14.0. The van der Waals surface area contributed by atoms with Crippen molar-refractivity contribution in [3.63, 3.8) is 0 Å². The Morgan fingerprint density at radius 3 is 2.76 bits per heavy atom. The first-order chi connectivity index (χ1) is 15.9. The maximum absolute atomic E-state index is 14.0. The minimum absolute atomic E-state index is 0.592. The highest BCUT2D eigenvalue weighted by molar-refractivity contribution is 7.91. The summed E-state index contributed by atoms with van der Waals surface area (Å²) < 4.78 is 21.7. The van der Waals surface area contributed by atoms with E-state index in [-0.39, 0.29) is 0 Å². The Bertz CT molecular complexity index is 1180. The molecule has 0 fully saturated rings. The first kappa shape index (κ1) is 22.5. The number of aliphatic hydroxyl groups is 1. The summed E-state index contributed by atoms with van der Waals surface area (Å²) in [4.78, 5) is 9.58. The van der Waals surface area contributed by atoms with Crippen molar-refractivity contribution in [2.75, 3.05) is 32.1 Å². The molecule has 7 nitrogen and oxygen atoms in total. The molecule has 1 aliphatic heterocycles. The first-order valence-electron chi connectivity index (χ1n) is 11.8. The summed E-state index contributed by atoms with van der Waals surface area (Å²) in [5.41, 5.74) is 6.73. The van der Waals surface area contributed by atoms with Crippen LogP contribution in [0.25, 0.3) is 6.08 Å². The predicted molar refractivity (Wildman–Crippen MR) is 132 cm³/mol. The lowest BCUT2D eigenvalue weighted by molar-refractivity contribution is 0.179. The molecule has 2 unspecified atom stereocenters. The quantitative estimate of drug-likeness (QED) is 0.722. The normalized spacial score (nSPS) is 24.7. The average molecular weight is 468 g/mol. The van der Waals surface area contributed by atoms with Crippen molar-refractivity contribution in [2.24, 2.45) is 4.36 Å². The minimum Gasteiger partial charge on any atom is -0.354 e. The van der Waals surface area contributed by atoms with E-state index >= 15 is 0 Å². The van der Waals surface area contributed by atoms with Gasteiger partial charge in [-0.15, -0.1) is 0 Å². The van der Waals surface area contributed by atoms with Gasteiger partial charge in [0.15, 0.2) is 0 Å². The monoisotopic (exact) mass is 467 g/mol. The number of aryl methyl sites for hydroxylation is 1. The van der Waals surface area contributed by atoms with E-state index < -0.39 is 16.3 Å². The van der Waals surface area contributed by atoms with Gasteiger partial charge in [-0.25, -0.2) is 8.93 Å². The molecular weight excluding hydrogens is 434 g/mol. The van der Waals surface area contributed by atoms with Crippen LogP contribution in [0.1, 0.15) is 47.3 Å². The second kappa shape index (κ2) is 9.18. The third-order valence-corrected chi connectivity index (χ3v) is 8.57. The van der Waals surface area contributed by atoms with Gasteiger partial charge in [-0.1, -0.05) is 24.3 Å². The molecule has 5 rings (SSSR count). The Hall–Kier alpha value is -2.26. The smallest absolute Gasteiger partial charge is 0.235 e. The Labute approximate surface area is 196 Å². The van der Waals surface area contributed by atoms with Gasteiger partial charge >= 0.3 is 0 Å². The largest absolute Gasteiger partial charge is 0.354 e. The molecule has 8 heteroatoms. The highest BCUT2D eigenvalue weighted by atomic mass is 32.2. The van der Waals surface area contributed by atoms with E-state index in [0.717, 1.165) is 73.3 Å². The van der Waals surface area contributed by atoms with Crippen molar-refractivity contribution in [1.29, 1.82) is 0 Å². The van der Waals surface area contributed by atoms with Gasteiger partial charge in [0.05, 0.1) is 16.3 Å². The summed E-state index contributed by atoms with van der Waals surface area (Å²) in [5.74, 6) is 0. The van der Waals surface area contributed by atoms with Gasteiger partial charge in [0.2, 0.25) is 6.35 Å². The Balaban J connectivity index is 1.56. The second-order valence-electron chi connectivity index (χ2n) is 9.36. The zero-order valence-electron chi connectivity index (χ0n) is 19.5. The number of aromatic nitrogens is 1. The van der Waals surface area contributed by atoms with Crippen molar-refractivity contribution in [2.45, 2.75) is 56.3 Å². The Morgan fingerprint density at radius 2 is 1.97 bits per heavy atom. The molecule has 176 valence electrons. The first-order valence-corrected chi connectivity index (χ1v) is 13.4. The van der Waals surface area contributed by atoms with Crippen LogP contribution >= 0.6 is 0 Å². The topological polar surface area (TPSA) is 81.1 Å². The molecule has 2 atom stereocenters. The SMILES string of the molecule is CN(C)Cc1ccc(S2(=O)=NC(O)N(c3c4c(nc5c3CCC5)CC=C4)CCCCN2)cc1. The maximum Gasteiger partial charge on any atom is 0.235 e. The van der Waals surface area contributed by atoms with Crippen LogP contribution in [0.5, 0.6) is 0 Å². The minimum atomic E-state index is -2.98. The fraction of sp³-hybridized carbons (Fsp3) is 0.480. The number of hydrogen-bond donors (Lipinski definition) is 2. The Kier molecular flexibility index (Phi) is 6.26. The van der Waals surface area contributed by atoms with Crippen LogP contribution in [0.4, 0.5) is 5.69 Å². The van der Waals surface area contributed by atoms with Crippen molar-refractivity contribution >= 4 is 21.7 Å². The van der Waals surface area contributed by atoms with Gasteiger partial charge < -0.3 is 14.9 Å². The molecule has 0 spiro atoms. The lowest BCUT2D eigenvalue weighted by Gasteiger charge is -2.31. The fourth-order valence-corrected chi connectivity index (χ4v) is 6.72. The number of pyridine rings is 1. The van der Waals surface area contributed by atoms with Crippen LogP contribution in [0.15, 0.2) is 39.6 Å². The van der Waals surface area contributed by atoms with E-state index in [4.69, 9.17) is 4.98 Å². The molecule has 1 aromatic heterocycles. The molecule has 2 aliphatic carbocycles. The summed E-state index contributed by atoms with van der Waals surface area (Å²) in [6.07, 6.45) is 8.65. The van der Waals surface area contributed by atoms with Crippen molar-refractivity contribution < 1.29 is 9.32 Å². The molecule has 3 aliphatic rings. The number of nitrogens with one attached hydrogen (secondary N) is 1. The molecule has 0 bridgehead atoms. The number of aliphatic hydroxyl groups excluding tert-OH is 1. The number of allylic oxidation sites excluding steroid dienone is 1. The van der Waals surface area contributed by atoms with Crippen LogP contribution in [-0.2, 0) is 35.7 Å². The molecule has 0 radical (unpaired) electrons. The molecule has 0 amide bonds. The number of benzene rings is 1. The molecule has 0 saturated carbocycles. The number of anilines is 1. The predicted octanol–water partition coefficient (Wildman–Crippen LogP) is 3.11. The number of fused-ring (bicyclic) bond motifs is 2. The van der Waals surface area contributed by atoms with Gasteiger partial charge in [-0.3, -0.25) is 4.98 Å². The van der Waals surface area contributed by atoms with E-state index in [2.05, 4.69) is 26.1 Å². The van der Waals surface area contributed by atoms with E-state index in [9.17, 15) is 9.32 Å². The van der Waals surface area contributed by atoms with E-state index in [1.807, 2.05) is 43.3 Å². The summed E-state index contributed by atoms with van der Waals surface area (Å²) in [6, 6.07) is 7.72. The number of rotatable bonds is 4. The zero-order valence-corrected chi connectivity index (χ0v) is 20.3. The van der Waals surface area contributed by atoms with Crippen LogP contribution in [0.2, 0.25) is 0 Å². The highest BCUT2D eigenvalue weighted by Crippen LogP contribution is 2.39. The molecule has 2 aromatic rings. The fourth-order valence-electron chi connectivity index (χ4n) is 5.05. The van der Waals surface area contributed by atoms with Crippen LogP contribution in [0, 0.1) is 0 Å². The lowest BCUT2D eigenvalue weighted by atomic mass is 10.0. The Morgan fingerprint density at radius 1 is 1.15 bits per heavy atom. The summed E-state index contributed by atoms with van der Waals surface area (Å²) >= 11 is 0. The van der Waals surface area contributed by atoms with Crippen LogP contribution < -0.4 is 9.62 Å². The molecule has 0 saturated heterocycles. The van der Waals surface area contributed by atoms with E-state index in [0.29, 0.717) is 18.0 Å². The van der Waals surface area contributed by atoms with Crippen molar-refractivity contribution in [3.8, 4) is 0 Å². The highest BCUT2D eigenvalue weighted by Gasteiger charge is 2.30. The van der Waals surface area contributed by atoms with Crippen LogP contribution in [0.3, 0.4) is 0 Å². The van der Waals surface area contributed by atoms with Crippen molar-refractivity contribution in [3.05, 3.63) is 58.4 Å². The van der Waals surface area contributed by atoms with Gasteiger partial charge in [-0.05, 0) is 69.5 Å². The number of nitrogens with zero attached hydrogens (tertiary/aromatic N) is 4. The lowest BCUT2D eigenvalue weighted by Crippen LogP contribution is -2.37. The molecule has 1 aromatic carbocycles. The third kappa shape index (κ3) is 4.45. The van der Waals surface area contributed by atoms with Crippen LogP contribution in [-0.4, -0.2) is 52.7 Å². The molecule has 2 N–H and O–H groups in total. The van der Waals surface area contributed by atoms with Gasteiger partial charge in [-0.2, -0.15) is 4.36 Å². The average Bonchev–Trinajstić information content (AvgIpc) is 3.44. The van der Waals surface area contributed by atoms with E-state index in [1.165, 1.54) is 5.56 Å². The number of hydrogen-bond acceptors (Lipinski definition) is 6. The molecule has 2 heterocycles. The second-order valence-corrected chi connectivity index (χ2v) is 11.4.